The number of rotatable bonds is 9. The van der Waals surface area contributed by atoms with Gasteiger partial charge in [-0.1, -0.05) is 36.8 Å². The normalized spacial score (nSPS) is 19.3. The van der Waals surface area contributed by atoms with Crippen LogP contribution in [0.2, 0.25) is 0 Å². The molecule has 0 saturated carbocycles. The van der Waals surface area contributed by atoms with Crippen molar-refractivity contribution in [3.05, 3.63) is 35.9 Å². The van der Waals surface area contributed by atoms with Crippen molar-refractivity contribution < 1.29 is 19.4 Å². The second kappa shape index (κ2) is 10.2. The lowest BCUT2D eigenvalue weighted by Gasteiger charge is -2.32. The predicted octanol–water partition coefficient (Wildman–Crippen LogP) is 2.21. The number of nitrogens with one attached hydrogen (secondary N) is 1. The van der Waals surface area contributed by atoms with Crippen LogP contribution in [0, 0.1) is 0 Å². The summed E-state index contributed by atoms with van der Waals surface area (Å²) in [6.45, 7) is 3.93. The Hall–Kier alpha value is -1.92. The number of carboxylic acid groups (broad SMARTS) is 1. The van der Waals surface area contributed by atoms with E-state index in [1.807, 2.05) is 37.3 Å². The average molecular weight is 348 g/mol. The molecule has 2 atom stereocenters. The number of likely N-dealkylation sites (tertiary alicyclic amines) is 1. The predicted molar refractivity (Wildman–Crippen MR) is 95.3 cm³/mol. The Kier molecular flexibility index (Phi) is 7.88. The molecule has 0 bridgehead atoms. The maximum Gasteiger partial charge on any atom is 0.320 e. The zero-order valence-electron chi connectivity index (χ0n) is 14.8. The lowest BCUT2D eigenvalue weighted by molar-refractivity contribution is -0.145. The fourth-order valence-corrected chi connectivity index (χ4v) is 3.08. The van der Waals surface area contributed by atoms with Crippen LogP contribution in [0.5, 0.6) is 0 Å². The largest absolute Gasteiger partial charge is 0.480 e. The van der Waals surface area contributed by atoms with Crippen LogP contribution < -0.4 is 5.32 Å². The molecule has 1 aromatic rings. The van der Waals surface area contributed by atoms with E-state index in [-0.39, 0.29) is 18.6 Å². The molecular weight excluding hydrogens is 320 g/mol. The molecule has 1 fully saturated rings. The summed E-state index contributed by atoms with van der Waals surface area (Å²) in [5, 5.41) is 12.1. The second-order valence-corrected chi connectivity index (χ2v) is 6.45. The highest BCUT2D eigenvalue weighted by Gasteiger charge is 2.29. The van der Waals surface area contributed by atoms with E-state index < -0.39 is 12.0 Å². The summed E-state index contributed by atoms with van der Waals surface area (Å²) in [6, 6.07) is 9.48. The standard InChI is InChI=1S/C19H28N2O4/c1-15(16-8-3-2-4-9-16)25-13-7-11-20-18(22)14-21-12-6-5-10-17(21)19(23)24/h2-4,8-9,15,17H,5-7,10-14H2,1H3,(H,20,22)(H,23,24). The van der Waals surface area contributed by atoms with Crippen LogP contribution >= 0.6 is 0 Å². The Morgan fingerprint density at radius 3 is 2.80 bits per heavy atom. The highest BCUT2D eigenvalue weighted by Crippen LogP contribution is 2.17. The molecule has 1 aliphatic heterocycles. The Labute approximate surface area is 149 Å². The number of ether oxygens (including phenoxy) is 1. The third kappa shape index (κ3) is 6.48. The number of amides is 1. The summed E-state index contributed by atoms with van der Waals surface area (Å²) in [6.07, 6.45) is 3.23. The van der Waals surface area contributed by atoms with Gasteiger partial charge in [0.15, 0.2) is 0 Å². The number of nitrogens with zero attached hydrogens (tertiary/aromatic N) is 1. The molecule has 1 saturated heterocycles. The van der Waals surface area contributed by atoms with Gasteiger partial charge in [0.05, 0.1) is 12.6 Å². The molecule has 2 rings (SSSR count). The van der Waals surface area contributed by atoms with Crippen molar-refractivity contribution in [3.8, 4) is 0 Å². The van der Waals surface area contributed by atoms with Crippen molar-refractivity contribution in [3.63, 3.8) is 0 Å². The van der Waals surface area contributed by atoms with Gasteiger partial charge >= 0.3 is 5.97 Å². The van der Waals surface area contributed by atoms with E-state index in [0.29, 0.717) is 26.1 Å². The smallest absolute Gasteiger partial charge is 0.320 e. The van der Waals surface area contributed by atoms with Gasteiger partial charge in [0.1, 0.15) is 6.04 Å². The first-order valence-corrected chi connectivity index (χ1v) is 8.98. The SMILES string of the molecule is CC(OCCCNC(=O)CN1CCCCC1C(=O)O)c1ccccc1. The number of benzene rings is 1. The zero-order chi connectivity index (χ0) is 18.1. The van der Waals surface area contributed by atoms with Crippen LogP contribution in [0.1, 0.15) is 44.3 Å². The Bertz CT molecular complexity index is 550. The molecule has 1 aliphatic rings. The number of carboxylic acids is 1. The summed E-state index contributed by atoms with van der Waals surface area (Å²) < 4.78 is 5.77. The summed E-state index contributed by atoms with van der Waals surface area (Å²) in [4.78, 5) is 25.0. The fourth-order valence-electron chi connectivity index (χ4n) is 3.08. The van der Waals surface area contributed by atoms with Crippen LogP contribution in [0.3, 0.4) is 0 Å². The fraction of sp³-hybridized carbons (Fsp3) is 0.579. The van der Waals surface area contributed by atoms with Gasteiger partial charge in [0.2, 0.25) is 5.91 Å². The van der Waals surface area contributed by atoms with Crippen molar-refractivity contribution in [2.24, 2.45) is 0 Å². The number of carbonyl (C=O) groups is 2. The van der Waals surface area contributed by atoms with Gasteiger partial charge in [0, 0.05) is 13.2 Å². The number of hydrogen-bond acceptors (Lipinski definition) is 4. The second-order valence-electron chi connectivity index (χ2n) is 6.45. The molecule has 6 heteroatoms. The topological polar surface area (TPSA) is 78.9 Å². The number of carbonyl (C=O) groups excluding carboxylic acids is 1. The summed E-state index contributed by atoms with van der Waals surface area (Å²) in [7, 11) is 0. The van der Waals surface area contributed by atoms with Crippen molar-refractivity contribution in [1.29, 1.82) is 0 Å². The molecule has 25 heavy (non-hydrogen) atoms. The molecule has 6 nitrogen and oxygen atoms in total. The molecule has 2 unspecified atom stereocenters. The minimum atomic E-state index is -0.837. The quantitative estimate of drug-likeness (QED) is 0.669. The highest BCUT2D eigenvalue weighted by atomic mass is 16.5. The van der Waals surface area contributed by atoms with Crippen molar-refractivity contribution in [2.75, 3.05) is 26.2 Å². The molecule has 0 aliphatic carbocycles. The van der Waals surface area contributed by atoms with E-state index in [4.69, 9.17) is 4.74 Å². The molecule has 0 aromatic heterocycles. The first kappa shape index (κ1) is 19.4. The number of hydrogen-bond donors (Lipinski definition) is 2. The van der Waals surface area contributed by atoms with Crippen molar-refractivity contribution >= 4 is 11.9 Å². The highest BCUT2D eigenvalue weighted by molar-refractivity contribution is 5.80. The molecule has 1 amide bonds. The van der Waals surface area contributed by atoms with E-state index in [1.165, 1.54) is 0 Å². The molecule has 0 spiro atoms. The van der Waals surface area contributed by atoms with E-state index in [0.717, 1.165) is 24.8 Å². The van der Waals surface area contributed by atoms with E-state index in [1.54, 1.807) is 4.90 Å². The zero-order valence-corrected chi connectivity index (χ0v) is 14.8. The maximum absolute atomic E-state index is 12.0. The summed E-state index contributed by atoms with van der Waals surface area (Å²) in [5.41, 5.74) is 1.14. The number of piperidine rings is 1. The van der Waals surface area contributed by atoms with Gasteiger partial charge in [-0.2, -0.15) is 0 Å². The Balaban J connectivity index is 1.61. The Morgan fingerprint density at radius 1 is 1.32 bits per heavy atom. The maximum atomic E-state index is 12.0. The van der Waals surface area contributed by atoms with Gasteiger partial charge in [-0.05, 0) is 38.3 Å². The van der Waals surface area contributed by atoms with Gasteiger partial charge in [-0.15, -0.1) is 0 Å². The van der Waals surface area contributed by atoms with Crippen LogP contribution in [-0.2, 0) is 14.3 Å². The average Bonchev–Trinajstić information content (AvgIpc) is 2.62. The number of aliphatic carboxylic acids is 1. The molecule has 1 heterocycles. The molecule has 1 aromatic carbocycles. The van der Waals surface area contributed by atoms with Gasteiger partial charge in [0.25, 0.3) is 0 Å². The van der Waals surface area contributed by atoms with Gasteiger partial charge in [-0.25, -0.2) is 0 Å². The molecule has 0 radical (unpaired) electrons. The van der Waals surface area contributed by atoms with E-state index in [9.17, 15) is 14.7 Å². The lowest BCUT2D eigenvalue weighted by Crippen LogP contribution is -2.49. The third-order valence-corrected chi connectivity index (χ3v) is 4.53. The lowest BCUT2D eigenvalue weighted by atomic mass is 10.0. The molecule has 2 N–H and O–H groups in total. The van der Waals surface area contributed by atoms with Gasteiger partial charge in [-0.3, -0.25) is 14.5 Å². The minimum absolute atomic E-state index is 0.0292. The summed E-state index contributed by atoms with van der Waals surface area (Å²) in [5.74, 6) is -0.958. The van der Waals surface area contributed by atoms with E-state index >= 15 is 0 Å². The first-order valence-electron chi connectivity index (χ1n) is 8.98. The first-order chi connectivity index (χ1) is 12.1. The van der Waals surface area contributed by atoms with Crippen LogP contribution in [0.25, 0.3) is 0 Å². The monoisotopic (exact) mass is 348 g/mol. The van der Waals surface area contributed by atoms with Crippen molar-refractivity contribution in [1.82, 2.24) is 10.2 Å². The van der Waals surface area contributed by atoms with E-state index in [2.05, 4.69) is 5.32 Å². The van der Waals surface area contributed by atoms with Crippen LogP contribution in [0.4, 0.5) is 0 Å². The molecular formula is C19H28N2O4. The van der Waals surface area contributed by atoms with Crippen LogP contribution in [0.15, 0.2) is 30.3 Å². The minimum Gasteiger partial charge on any atom is -0.480 e. The third-order valence-electron chi connectivity index (χ3n) is 4.53. The Morgan fingerprint density at radius 2 is 2.08 bits per heavy atom. The molecule has 138 valence electrons. The van der Waals surface area contributed by atoms with Gasteiger partial charge < -0.3 is 15.2 Å². The summed E-state index contributed by atoms with van der Waals surface area (Å²) >= 11 is 0. The van der Waals surface area contributed by atoms with Crippen LogP contribution in [-0.4, -0.2) is 54.2 Å². The van der Waals surface area contributed by atoms with Crippen molar-refractivity contribution in [2.45, 2.75) is 44.8 Å².